The van der Waals surface area contributed by atoms with Crippen molar-refractivity contribution in [2.45, 2.75) is 71.8 Å². The molecule has 1 N–H and O–H groups in total. The molecule has 90 valence electrons. The third kappa shape index (κ3) is 4.14. The zero-order valence-electron chi connectivity index (χ0n) is 10.7. The lowest BCUT2D eigenvalue weighted by molar-refractivity contribution is 0.0536. The minimum atomic E-state index is -0.0256. The van der Waals surface area contributed by atoms with Crippen molar-refractivity contribution >= 4 is 0 Å². The number of hydrogen-bond donors (Lipinski definition) is 1. The largest absolute Gasteiger partial charge is 0.393 e. The van der Waals surface area contributed by atoms with Gasteiger partial charge >= 0.3 is 0 Å². The SMILES string of the molecule is CCC(CC)CC(O)C1CCC(C)CC1. The zero-order chi connectivity index (χ0) is 11.3. The Kier molecular flexibility index (Phi) is 5.66. The molecule has 0 heterocycles. The lowest BCUT2D eigenvalue weighted by Gasteiger charge is -2.31. The maximum atomic E-state index is 10.2. The van der Waals surface area contributed by atoms with Crippen molar-refractivity contribution in [3.8, 4) is 0 Å². The molecule has 1 fully saturated rings. The Balaban J connectivity index is 2.30. The molecular weight excluding hydrogens is 184 g/mol. The fourth-order valence-electron chi connectivity index (χ4n) is 2.83. The fourth-order valence-corrected chi connectivity index (χ4v) is 2.83. The Labute approximate surface area is 95.3 Å². The van der Waals surface area contributed by atoms with Crippen LogP contribution in [0.25, 0.3) is 0 Å². The third-order valence-corrected chi connectivity index (χ3v) is 4.33. The van der Waals surface area contributed by atoms with Crippen LogP contribution in [0.5, 0.6) is 0 Å². The summed E-state index contributed by atoms with van der Waals surface area (Å²) in [6.45, 7) is 6.82. The molecule has 1 unspecified atom stereocenters. The molecule has 15 heavy (non-hydrogen) atoms. The van der Waals surface area contributed by atoms with E-state index in [1.54, 1.807) is 0 Å². The predicted molar refractivity (Wildman–Crippen MR) is 65.8 cm³/mol. The second-order valence-corrected chi connectivity index (χ2v) is 5.51. The van der Waals surface area contributed by atoms with Gasteiger partial charge in [0.2, 0.25) is 0 Å². The molecule has 0 spiro atoms. The number of rotatable bonds is 5. The summed E-state index contributed by atoms with van der Waals surface area (Å²) in [6, 6.07) is 0. The molecule has 0 bridgehead atoms. The average molecular weight is 212 g/mol. The van der Waals surface area contributed by atoms with Gasteiger partial charge in [0, 0.05) is 0 Å². The predicted octanol–water partition coefficient (Wildman–Crippen LogP) is 4.00. The first-order valence-corrected chi connectivity index (χ1v) is 6.85. The highest BCUT2D eigenvalue weighted by molar-refractivity contribution is 4.77. The normalized spacial score (nSPS) is 29.4. The van der Waals surface area contributed by atoms with E-state index in [1.165, 1.54) is 38.5 Å². The summed E-state index contributed by atoms with van der Waals surface area (Å²) < 4.78 is 0. The van der Waals surface area contributed by atoms with Crippen LogP contribution in [-0.2, 0) is 0 Å². The van der Waals surface area contributed by atoms with Gasteiger partial charge in [0.15, 0.2) is 0 Å². The van der Waals surface area contributed by atoms with Crippen LogP contribution in [0.3, 0.4) is 0 Å². The smallest absolute Gasteiger partial charge is 0.0571 e. The molecule has 1 saturated carbocycles. The molecule has 0 saturated heterocycles. The molecular formula is C14H28O. The van der Waals surface area contributed by atoms with Crippen molar-refractivity contribution in [2.75, 3.05) is 0 Å². The molecule has 1 rings (SSSR count). The number of hydrogen-bond acceptors (Lipinski definition) is 1. The molecule has 0 radical (unpaired) electrons. The maximum absolute atomic E-state index is 10.2. The van der Waals surface area contributed by atoms with Crippen molar-refractivity contribution in [3.05, 3.63) is 0 Å². The van der Waals surface area contributed by atoms with Crippen molar-refractivity contribution in [1.29, 1.82) is 0 Å². The van der Waals surface area contributed by atoms with Gasteiger partial charge in [0.1, 0.15) is 0 Å². The van der Waals surface area contributed by atoms with Gasteiger partial charge in [-0.2, -0.15) is 0 Å². The minimum Gasteiger partial charge on any atom is -0.393 e. The van der Waals surface area contributed by atoms with E-state index in [1.807, 2.05) is 0 Å². The van der Waals surface area contributed by atoms with Crippen LogP contribution in [-0.4, -0.2) is 11.2 Å². The molecule has 1 atom stereocenters. The summed E-state index contributed by atoms with van der Waals surface area (Å²) in [7, 11) is 0. The highest BCUT2D eigenvalue weighted by Gasteiger charge is 2.25. The third-order valence-electron chi connectivity index (χ3n) is 4.33. The second-order valence-electron chi connectivity index (χ2n) is 5.51. The fraction of sp³-hybridized carbons (Fsp3) is 1.00. The van der Waals surface area contributed by atoms with Crippen LogP contribution in [0.4, 0.5) is 0 Å². The van der Waals surface area contributed by atoms with Crippen LogP contribution in [0, 0.1) is 17.8 Å². The van der Waals surface area contributed by atoms with Gasteiger partial charge in [-0.3, -0.25) is 0 Å². The van der Waals surface area contributed by atoms with E-state index in [2.05, 4.69) is 20.8 Å². The van der Waals surface area contributed by atoms with Gasteiger partial charge in [0.05, 0.1) is 6.10 Å². The molecule has 0 amide bonds. The van der Waals surface area contributed by atoms with Crippen molar-refractivity contribution in [1.82, 2.24) is 0 Å². The summed E-state index contributed by atoms with van der Waals surface area (Å²) in [5.41, 5.74) is 0. The van der Waals surface area contributed by atoms with Crippen LogP contribution in [0.1, 0.15) is 65.7 Å². The van der Waals surface area contributed by atoms with E-state index in [9.17, 15) is 5.11 Å². The Bertz CT molecular complexity index is 155. The van der Waals surface area contributed by atoms with Crippen LogP contribution in [0.2, 0.25) is 0 Å². The highest BCUT2D eigenvalue weighted by Crippen LogP contribution is 2.33. The van der Waals surface area contributed by atoms with E-state index >= 15 is 0 Å². The van der Waals surface area contributed by atoms with E-state index < -0.39 is 0 Å². The van der Waals surface area contributed by atoms with E-state index in [-0.39, 0.29) is 6.10 Å². The van der Waals surface area contributed by atoms with Gasteiger partial charge in [-0.1, -0.05) is 46.5 Å². The van der Waals surface area contributed by atoms with Gasteiger partial charge in [-0.05, 0) is 37.0 Å². The monoisotopic (exact) mass is 212 g/mol. The highest BCUT2D eigenvalue weighted by atomic mass is 16.3. The van der Waals surface area contributed by atoms with Crippen molar-refractivity contribution in [2.24, 2.45) is 17.8 Å². The first-order valence-electron chi connectivity index (χ1n) is 6.85. The van der Waals surface area contributed by atoms with Crippen LogP contribution in [0.15, 0.2) is 0 Å². The maximum Gasteiger partial charge on any atom is 0.0571 e. The molecule has 0 aliphatic heterocycles. The quantitative estimate of drug-likeness (QED) is 0.730. The zero-order valence-corrected chi connectivity index (χ0v) is 10.7. The minimum absolute atomic E-state index is 0.0256. The number of aliphatic hydroxyl groups is 1. The summed E-state index contributed by atoms with van der Waals surface area (Å²) in [5, 5.41) is 10.2. The average Bonchev–Trinajstić information content (AvgIpc) is 2.26. The van der Waals surface area contributed by atoms with E-state index in [4.69, 9.17) is 0 Å². The van der Waals surface area contributed by atoms with Gasteiger partial charge in [-0.15, -0.1) is 0 Å². The van der Waals surface area contributed by atoms with Gasteiger partial charge < -0.3 is 5.11 Å². The topological polar surface area (TPSA) is 20.2 Å². The van der Waals surface area contributed by atoms with Crippen LogP contribution >= 0.6 is 0 Å². The van der Waals surface area contributed by atoms with E-state index in [0.717, 1.165) is 18.3 Å². The Morgan fingerprint density at radius 2 is 1.60 bits per heavy atom. The number of aliphatic hydroxyl groups excluding tert-OH is 1. The summed E-state index contributed by atoms with van der Waals surface area (Å²) in [5.74, 6) is 2.22. The molecule has 0 aromatic rings. The molecule has 1 aliphatic rings. The van der Waals surface area contributed by atoms with Crippen molar-refractivity contribution < 1.29 is 5.11 Å². The summed E-state index contributed by atoms with van der Waals surface area (Å²) in [6.07, 6.45) is 8.60. The van der Waals surface area contributed by atoms with Crippen LogP contribution < -0.4 is 0 Å². The van der Waals surface area contributed by atoms with Crippen molar-refractivity contribution in [3.63, 3.8) is 0 Å². The molecule has 0 aromatic carbocycles. The first-order chi connectivity index (χ1) is 7.17. The Morgan fingerprint density at radius 1 is 1.07 bits per heavy atom. The summed E-state index contributed by atoms with van der Waals surface area (Å²) in [4.78, 5) is 0. The lowest BCUT2D eigenvalue weighted by atomic mass is 9.77. The molecule has 1 nitrogen and oxygen atoms in total. The Morgan fingerprint density at radius 3 is 2.07 bits per heavy atom. The van der Waals surface area contributed by atoms with Gasteiger partial charge in [-0.25, -0.2) is 0 Å². The molecule has 1 aliphatic carbocycles. The lowest BCUT2D eigenvalue weighted by Crippen LogP contribution is -2.27. The Hall–Kier alpha value is -0.0400. The summed E-state index contributed by atoms with van der Waals surface area (Å²) >= 11 is 0. The standard InChI is InChI=1S/C14H28O/c1-4-12(5-2)10-14(15)13-8-6-11(3)7-9-13/h11-15H,4-10H2,1-3H3. The van der Waals surface area contributed by atoms with Gasteiger partial charge in [0.25, 0.3) is 0 Å². The molecule has 1 heteroatoms. The second kappa shape index (κ2) is 6.52. The molecule has 0 aromatic heterocycles. The van der Waals surface area contributed by atoms with E-state index in [0.29, 0.717) is 5.92 Å². The first kappa shape index (κ1) is 13.0.